The Morgan fingerprint density at radius 3 is 1.79 bits per heavy atom. The number of oxime groups is 2. The Hall–Kier alpha value is -3.47. The van der Waals surface area contributed by atoms with Gasteiger partial charge in [-0.1, -0.05) is 57.2 Å². The summed E-state index contributed by atoms with van der Waals surface area (Å²) in [6, 6.07) is 12.0. The van der Waals surface area contributed by atoms with Crippen LogP contribution in [0.15, 0.2) is 78.1 Å². The van der Waals surface area contributed by atoms with E-state index in [2.05, 4.69) is 30.5 Å². The molecule has 0 aliphatic heterocycles. The highest BCUT2D eigenvalue weighted by Gasteiger charge is 2.11. The molecule has 0 saturated heterocycles. The zero-order valence-corrected chi connectivity index (χ0v) is 19.1. The fourth-order valence-corrected chi connectivity index (χ4v) is 3.30. The third kappa shape index (κ3) is 7.01. The van der Waals surface area contributed by atoms with Crippen molar-refractivity contribution in [1.82, 2.24) is 29.5 Å². The molecule has 0 atom stereocenters. The lowest BCUT2D eigenvalue weighted by atomic mass is 10.1. The second-order valence-electron chi connectivity index (χ2n) is 6.41. The van der Waals surface area contributed by atoms with Crippen LogP contribution in [0.2, 0.25) is 15.1 Å². The largest absolute Gasteiger partial charge is 0.411 e. The number of aromatic nitrogens is 6. The van der Waals surface area contributed by atoms with Crippen LogP contribution >= 0.6 is 34.8 Å². The van der Waals surface area contributed by atoms with E-state index in [0.29, 0.717) is 38.6 Å². The topological polar surface area (TPSA) is 127 Å². The standard InChI is InChI=1S/C10H8Cl2N4O.C10H9ClN4O/c11-7-1-2-8(9(12)3-7)10(15-17)4-16-6-13-5-14-16;11-9-3-1-8(2-4-9)10(14-16)5-15-7-12-6-13-15/h1-3,5-6,17H,4H2;1-4,6-7,16H,5H2. The average Bonchev–Trinajstić information content (AvgIpc) is 3.52. The molecule has 0 aliphatic rings. The molecule has 4 rings (SSSR count). The molecule has 0 radical (unpaired) electrons. The first kappa shape index (κ1) is 24.2. The third-order valence-electron chi connectivity index (χ3n) is 4.22. The first-order chi connectivity index (χ1) is 16.0. The molecule has 170 valence electrons. The second kappa shape index (κ2) is 12.0. The van der Waals surface area contributed by atoms with Gasteiger partial charge in [0.25, 0.3) is 0 Å². The summed E-state index contributed by atoms with van der Waals surface area (Å²) in [5.74, 6) is 0. The molecule has 0 saturated carbocycles. The van der Waals surface area contributed by atoms with Crippen LogP contribution in [0.25, 0.3) is 0 Å². The zero-order chi connectivity index (χ0) is 23.6. The Morgan fingerprint density at radius 1 is 0.758 bits per heavy atom. The molecule has 2 N–H and O–H groups in total. The quantitative estimate of drug-likeness (QED) is 0.228. The second-order valence-corrected chi connectivity index (χ2v) is 7.69. The lowest BCUT2D eigenvalue weighted by Crippen LogP contribution is -2.12. The highest BCUT2D eigenvalue weighted by Crippen LogP contribution is 2.22. The van der Waals surface area contributed by atoms with E-state index in [0.717, 1.165) is 5.56 Å². The van der Waals surface area contributed by atoms with Gasteiger partial charge < -0.3 is 10.4 Å². The molecule has 0 fully saturated rings. The van der Waals surface area contributed by atoms with Gasteiger partial charge >= 0.3 is 0 Å². The van der Waals surface area contributed by atoms with Crippen LogP contribution in [0.1, 0.15) is 11.1 Å². The summed E-state index contributed by atoms with van der Waals surface area (Å²) in [5.41, 5.74) is 2.29. The molecule has 10 nitrogen and oxygen atoms in total. The van der Waals surface area contributed by atoms with Gasteiger partial charge in [0.2, 0.25) is 0 Å². The Labute approximate surface area is 203 Å². The fraction of sp³-hybridized carbons (Fsp3) is 0.100. The average molecular weight is 508 g/mol. The summed E-state index contributed by atoms with van der Waals surface area (Å²) < 4.78 is 3.10. The Balaban J connectivity index is 0.000000186. The minimum atomic E-state index is 0.276. The van der Waals surface area contributed by atoms with E-state index >= 15 is 0 Å². The summed E-state index contributed by atoms with van der Waals surface area (Å²) >= 11 is 17.6. The minimum Gasteiger partial charge on any atom is -0.411 e. The molecule has 33 heavy (non-hydrogen) atoms. The van der Waals surface area contributed by atoms with Gasteiger partial charge in [0.15, 0.2) is 0 Å². The maximum Gasteiger partial charge on any atom is 0.137 e. The predicted octanol–water partition coefficient (Wildman–Crippen LogP) is 4.27. The lowest BCUT2D eigenvalue weighted by molar-refractivity contribution is 0.317. The van der Waals surface area contributed by atoms with E-state index in [-0.39, 0.29) is 6.54 Å². The SMILES string of the molecule is ON=C(Cn1cncn1)c1ccc(Cl)cc1.ON=C(Cn1cncn1)c1ccc(Cl)cc1Cl. The summed E-state index contributed by atoms with van der Waals surface area (Å²) in [7, 11) is 0. The minimum absolute atomic E-state index is 0.276. The van der Waals surface area contributed by atoms with Gasteiger partial charge in [-0.3, -0.25) is 0 Å². The maximum absolute atomic E-state index is 9.01. The van der Waals surface area contributed by atoms with Crippen molar-refractivity contribution in [3.63, 3.8) is 0 Å². The van der Waals surface area contributed by atoms with E-state index in [9.17, 15) is 0 Å². The van der Waals surface area contributed by atoms with Gasteiger partial charge in [0.1, 0.15) is 36.7 Å². The number of rotatable bonds is 6. The Morgan fingerprint density at radius 2 is 1.30 bits per heavy atom. The van der Waals surface area contributed by atoms with Crippen molar-refractivity contribution in [2.45, 2.75) is 13.1 Å². The number of nitrogens with zero attached hydrogens (tertiary/aromatic N) is 8. The number of hydrogen-bond donors (Lipinski definition) is 2. The molecule has 0 aliphatic carbocycles. The molecule has 2 heterocycles. The van der Waals surface area contributed by atoms with Crippen LogP contribution in [0.5, 0.6) is 0 Å². The first-order valence-corrected chi connectivity index (χ1v) is 10.4. The Bertz CT molecular complexity index is 1210. The molecule has 0 spiro atoms. The third-order valence-corrected chi connectivity index (χ3v) is 5.02. The van der Waals surface area contributed by atoms with E-state index in [1.165, 1.54) is 23.7 Å². The van der Waals surface area contributed by atoms with Gasteiger partial charge in [-0.05, 0) is 30.3 Å². The van der Waals surface area contributed by atoms with Gasteiger partial charge in [-0.15, -0.1) is 0 Å². The van der Waals surface area contributed by atoms with Crippen molar-refractivity contribution in [2.24, 2.45) is 10.3 Å². The predicted molar refractivity (Wildman–Crippen MR) is 125 cm³/mol. The Kier molecular flexibility index (Phi) is 8.76. The fourth-order valence-electron chi connectivity index (χ4n) is 2.65. The van der Waals surface area contributed by atoms with Crippen LogP contribution in [0.3, 0.4) is 0 Å². The van der Waals surface area contributed by atoms with E-state index < -0.39 is 0 Å². The molecule has 2 aromatic heterocycles. The zero-order valence-electron chi connectivity index (χ0n) is 16.9. The number of hydrogen-bond acceptors (Lipinski definition) is 8. The van der Waals surface area contributed by atoms with E-state index in [4.69, 9.17) is 45.2 Å². The monoisotopic (exact) mass is 506 g/mol. The highest BCUT2D eigenvalue weighted by molar-refractivity contribution is 6.37. The van der Waals surface area contributed by atoms with Crippen LogP contribution in [-0.2, 0) is 13.1 Å². The summed E-state index contributed by atoms with van der Waals surface area (Å²) in [6.07, 6.45) is 5.91. The van der Waals surface area contributed by atoms with Gasteiger partial charge in [0.05, 0.1) is 18.1 Å². The van der Waals surface area contributed by atoms with Crippen molar-refractivity contribution in [3.05, 3.63) is 94.0 Å². The molecule has 13 heteroatoms. The molecular weight excluding hydrogens is 491 g/mol. The highest BCUT2D eigenvalue weighted by atomic mass is 35.5. The van der Waals surface area contributed by atoms with Crippen LogP contribution in [0, 0.1) is 0 Å². The number of halogens is 3. The van der Waals surface area contributed by atoms with Crippen molar-refractivity contribution in [3.8, 4) is 0 Å². The lowest BCUT2D eigenvalue weighted by Gasteiger charge is -2.06. The van der Waals surface area contributed by atoms with Crippen molar-refractivity contribution in [2.75, 3.05) is 0 Å². The molecule has 0 bridgehead atoms. The van der Waals surface area contributed by atoms with E-state index in [1.807, 2.05) is 0 Å². The first-order valence-electron chi connectivity index (χ1n) is 9.28. The van der Waals surface area contributed by atoms with Crippen molar-refractivity contribution in [1.29, 1.82) is 0 Å². The molecule has 0 amide bonds. The molecule has 4 aromatic rings. The van der Waals surface area contributed by atoms with Crippen molar-refractivity contribution >= 4 is 46.2 Å². The van der Waals surface area contributed by atoms with Crippen molar-refractivity contribution < 1.29 is 10.4 Å². The smallest absolute Gasteiger partial charge is 0.137 e. The van der Waals surface area contributed by atoms with Gasteiger partial charge in [-0.25, -0.2) is 19.3 Å². The summed E-state index contributed by atoms with van der Waals surface area (Å²) in [5, 5.41) is 33.9. The summed E-state index contributed by atoms with van der Waals surface area (Å²) in [4.78, 5) is 7.61. The molecule has 2 aromatic carbocycles. The van der Waals surface area contributed by atoms with E-state index in [1.54, 1.807) is 53.5 Å². The normalized spacial score (nSPS) is 11.7. The number of benzene rings is 2. The van der Waals surface area contributed by atoms with Gasteiger partial charge in [-0.2, -0.15) is 10.2 Å². The van der Waals surface area contributed by atoms with Gasteiger partial charge in [0, 0.05) is 21.2 Å². The van der Waals surface area contributed by atoms with Crippen LogP contribution in [-0.4, -0.2) is 51.4 Å². The summed E-state index contributed by atoms with van der Waals surface area (Å²) in [6.45, 7) is 0.635. The van der Waals surface area contributed by atoms with Crippen LogP contribution in [0.4, 0.5) is 0 Å². The molecular formula is C20H17Cl3N8O2. The van der Waals surface area contributed by atoms with Crippen LogP contribution < -0.4 is 0 Å². The molecule has 0 unspecified atom stereocenters. The maximum atomic E-state index is 9.01.